The van der Waals surface area contributed by atoms with Crippen molar-refractivity contribution in [3.05, 3.63) is 58.7 Å². The number of unbranched alkanes of at least 4 members (excludes halogenated alkanes) is 2. The van der Waals surface area contributed by atoms with Crippen LogP contribution in [-0.4, -0.2) is 73.1 Å². The number of ether oxygens (including phenoxy) is 3. The van der Waals surface area contributed by atoms with Crippen LogP contribution < -0.4 is 14.2 Å². The van der Waals surface area contributed by atoms with Crippen LogP contribution in [0.1, 0.15) is 69.7 Å². The first-order valence-electron chi connectivity index (χ1n) is 14.4. The van der Waals surface area contributed by atoms with Gasteiger partial charge < -0.3 is 29.1 Å². The Bertz CT molecular complexity index is 1200. The Hall–Kier alpha value is -3.52. The van der Waals surface area contributed by atoms with Crippen molar-refractivity contribution < 1.29 is 28.9 Å². The second-order valence-corrected chi connectivity index (χ2v) is 9.90. The fraction of sp³-hybridized carbons (Fsp3) is 0.500. The van der Waals surface area contributed by atoms with Crippen LogP contribution in [0.15, 0.2) is 42.0 Å². The van der Waals surface area contributed by atoms with Crippen LogP contribution in [-0.2, 0) is 9.59 Å². The van der Waals surface area contributed by atoms with E-state index in [4.69, 9.17) is 14.2 Å². The number of likely N-dealkylation sites (tertiary alicyclic amines) is 1. The van der Waals surface area contributed by atoms with Crippen LogP contribution in [0.25, 0.3) is 5.76 Å². The van der Waals surface area contributed by atoms with Gasteiger partial charge in [0.25, 0.3) is 11.7 Å². The summed E-state index contributed by atoms with van der Waals surface area (Å²) in [6.45, 7) is 13.7. The van der Waals surface area contributed by atoms with Gasteiger partial charge in [0, 0.05) is 18.7 Å². The maximum Gasteiger partial charge on any atom is 0.295 e. The van der Waals surface area contributed by atoms with Crippen molar-refractivity contribution in [2.24, 2.45) is 0 Å². The van der Waals surface area contributed by atoms with E-state index in [0.29, 0.717) is 54.7 Å². The molecular weight excluding hydrogens is 508 g/mol. The molecule has 0 spiro atoms. The average molecular weight is 553 g/mol. The van der Waals surface area contributed by atoms with Gasteiger partial charge in [0.1, 0.15) is 11.5 Å². The monoisotopic (exact) mass is 552 g/mol. The molecule has 0 aliphatic carbocycles. The van der Waals surface area contributed by atoms with Gasteiger partial charge in [0.15, 0.2) is 11.5 Å². The van der Waals surface area contributed by atoms with E-state index < -0.39 is 17.7 Å². The Morgan fingerprint density at radius 3 is 2.30 bits per heavy atom. The minimum Gasteiger partial charge on any atom is -0.507 e. The number of likely N-dealkylation sites (N-methyl/N-ethyl adjacent to an activating group) is 1. The summed E-state index contributed by atoms with van der Waals surface area (Å²) >= 11 is 0. The fourth-order valence-electron chi connectivity index (χ4n) is 5.02. The Kier molecular flexibility index (Phi) is 11.4. The van der Waals surface area contributed by atoms with Gasteiger partial charge >= 0.3 is 0 Å². The van der Waals surface area contributed by atoms with Gasteiger partial charge in [-0.2, -0.15) is 0 Å². The zero-order valence-electron chi connectivity index (χ0n) is 24.8. The number of aryl methyl sites for hydroxylation is 1. The van der Waals surface area contributed by atoms with Crippen LogP contribution in [0.4, 0.5) is 0 Å². The largest absolute Gasteiger partial charge is 0.507 e. The molecule has 1 amide bonds. The minimum absolute atomic E-state index is 0.0618. The van der Waals surface area contributed by atoms with Crippen LogP contribution >= 0.6 is 0 Å². The molecule has 2 aromatic rings. The number of carbonyl (C=O) groups is 2. The summed E-state index contributed by atoms with van der Waals surface area (Å²) in [5.41, 5.74) is 2.01. The van der Waals surface area contributed by atoms with Crippen molar-refractivity contribution in [2.45, 2.75) is 59.9 Å². The third-order valence-electron chi connectivity index (χ3n) is 7.35. The molecule has 0 radical (unpaired) electrons. The standard InChI is InChI=1S/C32H44N2O6/c1-7-11-12-19-40-26-16-13-23(21-27(26)38-6)29-28(30(35)24-14-15-25(39-10-4)22(5)20-24)31(36)32(37)34(29)18-17-33(8-2)9-3/h13-16,20-21,29,35H,7-12,17-19H2,1-6H3/b30-28+. The number of benzene rings is 2. The van der Waals surface area contributed by atoms with E-state index >= 15 is 0 Å². The molecule has 0 bridgehead atoms. The molecule has 8 nitrogen and oxygen atoms in total. The van der Waals surface area contributed by atoms with Crippen molar-refractivity contribution in [3.8, 4) is 17.2 Å². The summed E-state index contributed by atoms with van der Waals surface area (Å²) in [6, 6.07) is 9.93. The Labute approximate surface area is 238 Å². The molecule has 1 unspecified atom stereocenters. The SMILES string of the molecule is CCCCCOc1ccc(C2/C(=C(\O)c3ccc(OCC)c(C)c3)C(=O)C(=O)N2CCN(CC)CC)cc1OC. The molecule has 1 N–H and O–H groups in total. The van der Waals surface area contributed by atoms with Crippen molar-refractivity contribution >= 4 is 17.4 Å². The predicted octanol–water partition coefficient (Wildman–Crippen LogP) is 5.73. The van der Waals surface area contributed by atoms with Crippen LogP contribution in [0.2, 0.25) is 0 Å². The first-order valence-corrected chi connectivity index (χ1v) is 14.4. The molecule has 0 aromatic heterocycles. The highest BCUT2D eigenvalue weighted by Crippen LogP contribution is 2.42. The lowest BCUT2D eigenvalue weighted by molar-refractivity contribution is -0.140. The molecule has 1 fully saturated rings. The highest BCUT2D eigenvalue weighted by Gasteiger charge is 2.46. The van der Waals surface area contributed by atoms with E-state index in [1.807, 2.05) is 26.0 Å². The highest BCUT2D eigenvalue weighted by molar-refractivity contribution is 6.46. The highest BCUT2D eigenvalue weighted by atomic mass is 16.5. The maximum absolute atomic E-state index is 13.5. The molecule has 8 heteroatoms. The van der Waals surface area contributed by atoms with Crippen LogP contribution in [0, 0.1) is 6.92 Å². The number of rotatable bonds is 15. The third kappa shape index (κ3) is 6.97. The number of amides is 1. The van der Waals surface area contributed by atoms with E-state index in [2.05, 4.69) is 25.7 Å². The van der Waals surface area contributed by atoms with Crippen LogP contribution in [0.5, 0.6) is 17.2 Å². The Morgan fingerprint density at radius 1 is 0.950 bits per heavy atom. The minimum atomic E-state index is -0.773. The number of hydrogen-bond acceptors (Lipinski definition) is 7. The zero-order chi connectivity index (χ0) is 29.2. The fourth-order valence-corrected chi connectivity index (χ4v) is 5.02. The lowest BCUT2D eigenvalue weighted by Gasteiger charge is -2.28. The smallest absolute Gasteiger partial charge is 0.295 e. The Balaban J connectivity index is 2.09. The van der Waals surface area contributed by atoms with Gasteiger partial charge in [0.05, 0.1) is 31.9 Å². The number of hydrogen-bond donors (Lipinski definition) is 1. The molecule has 1 atom stereocenters. The number of nitrogens with zero attached hydrogens (tertiary/aromatic N) is 2. The topological polar surface area (TPSA) is 88.5 Å². The van der Waals surface area contributed by atoms with Gasteiger partial charge in [-0.15, -0.1) is 0 Å². The van der Waals surface area contributed by atoms with Gasteiger partial charge in [-0.25, -0.2) is 0 Å². The lowest BCUT2D eigenvalue weighted by Crippen LogP contribution is -2.38. The molecule has 40 heavy (non-hydrogen) atoms. The molecule has 1 aliphatic heterocycles. The van der Waals surface area contributed by atoms with Gasteiger partial charge in [-0.3, -0.25) is 9.59 Å². The van der Waals surface area contributed by atoms with Crippen molar-refractivity contribution in [3.63, 3.8) is 0 Å². The molecule has 3 rings (SSSR count). The summed E-state index contributed by atoms with van der Waals surface area (Å²) in [5.74, 6) is 0.283. The number of aliphatic hydroxyl groups is 1. The van der Waals surface area contributed by atoms with Gasteiger partial charge in [-0.1, -0.05) is 39.7 Å². The maximum atomic E-state index is 13.5. The summed E-state index contributed by atoms with van der Waals surface area (Å²) in [5, 5.41) is 11.5. The number of carbonyl (C=O) groups excluding carboxylic acids is 2. The van der Waals surface area contributed by atoms with E-state index in [-0.39, 0.29) is 11.3 Å². The van der Waals surface area contributed by atoms with E-state index in [1.54, 1.807) is 36.3 Å². The second kappa shape index (κ2) is 14.7. The van der Waals surface area contributed by atoms with Crippen molar-refractivity contribution in [1.29, 1.82) is 0 Å². The van der Waals surface area contributed by atoms with E-state index in [1.165, 1.54) is 0 Å². The molecule has 1 heterocycles. The first-order chi connectivity index (χ1) is 19.3. The average Bonchev–Trinajstić information content (AvgIpc) is 3.21. The van der Waals surface area contributed by atoms with Gasteiger partial charge in [-0.05, 0) is 74.8 Å². The molecule has 0 saturated carbocycles. The van der Waals surface area contributed by atoms with Crippen molar-refractivity contribution in [1.82, 2.24) is 9.80 Å². The third-order valence-corrected chi connectivity index (χ3v) is 7.35. The molecule has 2 aromatic carbocycles. The summed E-state index contributed by atoms with van der Waals surface area (Å²) < 4.78 is 17.2. The second-order valence-electron chi connectivity index (χ2n) is 9.90. The van der Waals surface area contributed by atoms with Crippen LogP contribution in [0.3, 0.4) is 0 Å². The number of aliphatic hydroxyl groups excluding tert-OH is 1. The van der Waals surface area contributed by atoms with E-state index in [9.17, 15) is 14.7 Å². The number of methoxy groups -OCH3 is 1. The first kappa shape index (κ1) is 31.0. The van der Waals surface area contributed by atoms with Crippen molar-refractivity contribution in [2.75, 3.05) is 46.5 Å². The number of ketones is 1. The molecule has 1 aliphatic rings. The lowest BCUT2D eigenvalue weighted by atomic mass is 9.94. The zero-order valence-corrected chi connectivity index (χ0v) is 24.8. The molecular formula is C32H44N2O6. The number of Topliss-reactive ketones (excluding diaryl/α,β-unsaturated/α-hetero) is 1. The quantitative estimate of drug-likeness (QED) is 0.131. The summed E-state index contributed by atoms with van der Waals surface area (Å²) in [6.07, 6.45) is 3.11. The molecule has 218 valence electrons. The molecule has 1 saturated heterocycles. The normalized spacial score (nSPS) is 16.6. The van der Waals surface area contributed by atoms with E-state index in [0.717, 1.165) is 37.9 Å². The summed E-state index contributed by atoms with van der Waals surface area (Å²) in [7, 11) is 1.57. The Morgan fingerprint density at radius 2 is 1.68 bits per heavy atom. The predicted molar refractivity (Wildman–Crippen MR) is 157 cm³/mol. The summed E-state index contributed by atoms with van der Waals surface area (Å²) in [4.78, 5) is 30.6. The van der Waals surface area contributed by atoms with Gasteiger partial charge in [0.2, 0.25) is 0 Å².